The second-order valence-electron chi connectivity index (χ2n) is 3.28. The molecule has 1 saturated heterocycles. The molecular weight excluding hydrogens is 186 g/mol. The molecule has 1 fully saturated rings. The zero-order valence-corrected chi connectivity index (χ0v) is 9.02. The van der Waals surface area contributed by atoms with Crippen LogP contribution in [-0.2, 0) is 9.53 Å². The lowest BCUT2D eigenvalue weighted by Crippen LogP contribution is -2.42. The normalized spacial score (nSPS) is 28.5. The van der Waals surface area contributed by atoms with Gasteiger partial charge in [0, 0.05) is 11.3 Å². The number of methoxy groups -OCH3 is 1. The van der Waals surface area contributed by atoms with Crippen molar-refractivity contribution in [3.05, 3.63) is 0 Å². The molecule has 0 aromatic carbocycles. The first kappa shape index (κ1) is 10.9. The smallest absolute Gasteiger partial charge is 0.319 e. The van der Waals surface area contributed by atoms with Crippen molar-refractivity contribution in [2.45, 2.75) is 31.1 Å². The zero-order valence-electron chi connectivity index (χ0n) is 8.21. The lowest BCUT2D eigenvalue weighted by molar-refractivity contribution is -0.139. The number of nitrogens with one attached hydrogen (secondary N) is 1. The van der Waals surface area contributed by atoms with Crippen LogP contribution < -0.4 is 5.32 Å². The number of hydrogen-bond donors (Lipinski definition) is 1. The second kappa shape index (κ2) is 5.50. The zero-order chi connectivity index (χ0) is 9.68. The van der Waals surface area contributed by atoms with E-state index < -0.39 is 0 Å². The van der Waals surface area contributed by atoms with Gasteiger partial charge in [-0.15, -0.1) is 0 Å². The van der Waals surface area contributed by atoms with E-state index in [9.17, 15) is 4.79 Å². The number of carbonyl (C=O) groups is 1. The van der Waals surface area contributed by atoms with E-state index in [1.165, 1.54) is 25.7 Å². The molecule has 1 aliphatic heterocycles. The Morgan fingerprint density at radius 2 is 2.46 bits per heavy atom. The van der Waals surface area contributed by atoms with E-state index in [0.717, 1.165) is 0 Å². The molecule has 1 N–H and O–H groups in total. The van der Waals surface area contributed by atoms with Crippen molar-refractivity contribution in [1.82, 2.24) is 5.32 Å². The number of rotatable bonds is 3. The maximum atomic E-state index is 10.9. The number of hydrogen-bond acceptors (Lipinski definition) is 4. The quantitative estimate of drug-likeness (QED) is 0.695. The molecule has 2 unspecified atom stereocenters. The highest BCUT2D eigenvalue weighted by atomic mass is 32.2. The largest absolute Gasteiger partial charge is 0.468 e. The third-order valence-corrected chi connectivity index (χ3v) is 3.72. The van der Waals surface area contributed by atoms with E-state index in [1.54, 1.807) is 0 Å². The van der Waals surface area contributed by atoms with Crippen LogP contribution >= 0.6 is 11.8 Å². The molecule has 1 heterocycles. The second-order valence-corrected chi connectivity index (χ2v) is 4.77. The fraction of sp³-hybridized carbons (Fsp3) is 0.889. The van der Waals surface area contributed by atoms with E-state index in [4.69, 9.17) is 0 Å². The van der Waals surface area contributed by atoms with Crippen molar-refractivity contribution in [3.63, 3.8) is 0 Å². The molecule has 0 aromatic heterocycles. The fourth-order valence-electron chi connectivity index (χ4n) is 1.48. The molecule has 0 radical (unpaired) electrons. The SMILES string of the molecule is COC(=O)CNC1CCCSC1C. The molecule has 2 atom stereocenters. The molecule has 0 aromatic rings. The van der Waals surface area contributed by atoms with Crippen LogP contribution in [0.2, 0.25) is 0 Å². The Hall–Kier alpha value is -0.220. The van der Waals surface area contributed by atoms with E-state index in [0.29, 0.717) is 17.8 Å². The summed E-state index contributed by atoms with van der Waals surface area (Å²) < 4.78 is 4.57. The first-order valence-electron chi connectivity index (χ1n) is 4.66. The van der Waals surface area contributed by atoms with Gasteiger partial charge in [-0.05, 0) is 18.6 Å². The van der Waals surface area contributed by atoms with Gasteiger partial charge < -0.3 is 10.1 Å². The van der Waals surface area contributed by atoms with Crippen LogP contribution in [0.1, 0.15) is 19.8 Å². The number of esters is 1. The summed E-state index contributed by atoms with van der Waals surface area (Å²) in [5.74, 6) is 1.07. The standard InChI is InChI=1S/C9H17NO2S/c1-7-8(4-3-5-13-7)10-6-9(11)12-2/h7-8,10H,3-6H2,1-2H3. The molecule has 1 aliphatic rings. The Morgan fingerprint density at radius 3 is 3.08 bits per heavy atom. The molecule has 3 nitrogen and oxygen atoms in total. The van der Waals surface area contributed by atoms with Gasteiger partial charge in [0.05, 0.1) is 13.7 Å². The highest BCUT2D eigenvalue weighted by Crippen LogP contribution is 2.24. The third kappa shape index (κ3) is 3.56. The minimum atomic E-state index is -0.178. The van der Waals surface area contributed by atoms with Crippen LogP contribution in [0.3, 0.4) is 0 Å². The van der Waals surface area contributed by atoms with Crippen molar-refractivity contribution < 1.29 is 9.53 Å². The lowest BCUT2D eigenvalue weighted by atomic mass is 10.1. The fourth-order valence-corrected chi connectivity index (χ4v) is 2.65. The summed E-state index contributed by atoms with van der Waals surface area (Å²) in [6.45, 7) is 2.55. The monoisotopic (exact) mass is 203 g/mol. The third-order valence-electron chi connectivity index (χ3n) is 2.34. The topological polar surface area (TPSA) is 38.3 Å². The molecule has 0 amide bonds. The maximum absolute atomic E-state index is 10.9. The molecule has 1 rings (SSSR count). The average Bonchev–Trinajstić information content (AvgIpc) is 2.16. The van der Waals surface area contributed by atoms with Crippen LogP contribution in [0, 0.1) is 0 Å². The lowest BCUT2D eigenvalue weighted by Gasteiger charge is -2.28. The highest BCUT2D eigenvalue weighted by Gasteiger charge is 2.21. The van der Waals surface area contributed by atoms with Gasteiger partial charge in [0.25, 0.3) is 0 Å². The number of ether oxygens (including phenoxy) is 1. The molecule has 76 valence electrons. The highest BCUT2D eigenvalue weighted by molar-refractivity contribution is 7.99. The Balaban J connectivity index is 2.22. The van der Waals surface area contributed by atoms with Crippen LogP contribution in [0.5, 0.6) is 0 Å². The molecule has 0 spiro atoms. The minimum absolute atomic E-state index is 0.178. The molecule has 4 heteroatoms. The van der Waals surface area contributed by atoms with Crippen molar-refractivity contribution in [2.75, 3.05) is 19.4 Å². The molecule has 13 heavy (non-hydrogen) atoms. The van der Waals surface area contributed by atoms with Gasteiger partial charge in [-0.2, -0.15) is 11.8 Å². The first-order valence-corrected chi connectivity index (χ1v) is 5.70. The maximum Gasteiger partial charge on any atom is 0.319 e. The summed E-state index contributed by atoms with van der Waals surface area (Å²) in [7, 11) is 1.42. The predicted octanol–water partition coefficient (Wildman–Crippen LogP) is 1.03. The van der Waals surface area contributed by atoms with E-state index >= 15 is 0 Å². The van der Waals surface area contributed by atoms with E-state index in [1.807, 2.05) is 11.8 Å². The van der Waals surface area contributed by atoms with Gasteiger partial charge in [-0.1, -0.05) is 6.92 Å². The Morgan fingerprint density at radius 1 is 1.69 bits per heavy atom. The van der Waals surface area contributed by atoms with Gasteiger partial charge in [0.1, 0.15) is 0 Å². The van der Waals surface area contributed by atoms with Gasteiger partial charge >= 0.3 is 5.97 Å². The summed E-state index contributed by atoms with van der Waals surface area (Å²) in [6, 6.07) is 0.470. The Labute approximate surface area is 83.6 Å². The Kier molecular flexibility index (Phi) is 4.59. The van der Waals surface area contributed by atoms with E-state index in [-0.39, 0.29) is 5.97 Å². The average molecular weight is 203 g/mol. The van der Waals surface area contributed by atoms with Crippen molar-refractivity contribution in [3.8, 4) is 0 Å². The first-order chi connectivity index (χ1) is 6.24. The Bertz CT molecular complexity index is 175. The van der Waals surface area contributed by atoms with Gasteiger partial charge in [0.2, 0.25) is 0 Å². The molecular formula is C9H17NO2S. The molecule has 0 saturated carbocycles. The van der Waals surface area contributed by atoms with Crippen molar-refractivity contribution in [2.24, 2.45) is 0 Å². The molecule has 0 bridgehead atoms. The van der Waals surface area contributed by atoms with Crippen LogP contribution in [0.4, 0.5) is 0 Å². The van der Waals surface area contributed by atoms with Gasteiger partial charge in [0.15, 0.2) is 0 Å². The van der Waals surface area contributed by atoms with E-state index in [2.05, 4.69) is 17.0 Å². The minimum Gasteiger partial charge on any atom is -0.468 e. The summed E-state index contributed by atoms with van der Waals surface area (Å²) in [4.78, 5) is 10.9. The summed E-state index contributed by atoms with van der Waals surface area (Å²) in [5, 5.41) is 3.84. The number of thioether (sulfide) groups is 1. The number of carbonyl (C=O) groups excluding carboxylic acids is 1. The van der Waals surface area contributed by atoms with Gasteiger partial charge in [-0.3, -0.25) is 4.79 Å². The van der Waals surface area contributed by atoms with Crippen LogP contribution in [-0.4, -0.2) is 36.7 Å². The van der Waals surface area contributed by atoms with Crippen LogP contribution in [0.25, 0.3) is 0 Å². The van der Waals surface area contributed by atoms with Gasteiger partial charge in [-0.25, -0.2) is 0 Å². The molecule has 0 aliphatic carbocycles. The summed E-state index contributed by atoms with van der Waals surface area (Å²) >= 11 is 1.97. The predicted molar refractivity (Wildman–Crippen MR) is 55.0 cm³/mol. The van der Waals surface area contributed by atoms with Crippen molar-refractivity contribution in [1.29, 1.82) is 0 Å². The summed E-state index contributed by atoms with van der Waals surface area (Å²) in [6.07, 6.45) is 2.42. The van der Waals surface area contributed by atoms with Crippen molar-refractivity contribution >= 4 is 17.7 Å². The van der Waals surface area contributed by atoms with Crippen LogP contribution in [0.15, 0.2) is 0 Å². The summed E-state index contributed by atoms with van der Waals surface area (Å²) in [5.41, 5.74) is 0.